The second kappa shape index (κ2) is 6.13. The Bertz CT molecular complexity index is 635. The minimum absolute atomic E-state index is 0.130. The zero-order chi connectivity index (χ0) is 14.7. The minimum Gasteiger partial charge on any atom is -0.497 e. The zero-order valence-electron chi connectivity index (χ0n) is 11.7. The summed E-state index contributed by atoms with van der Waals surface area (Å²) in [5.41, 5.74) is 2.79. The van der Waals surface area contributed by atoms with Crippen molar-refractivity contribution in [3.05, 3.63) is 51.8 Å². The Labute approximate surface area is 126 Å². The molecule has 1 amide bonds. The number of hydrogen-bond donors (Lipinski definition) is 1. The number of hydrogen-bond acceptors (Lipinski definition) is 2. The van der Waals surface area contributed by atoms with Crippen LogP contribution in [0.3, 0.4) is 0 Å². The predicted octanol–water partition coefficient (Wildman–Crippen LogP) is 3.03. The SMILES string of the molecule is COc1ccc(Br)c(C(=O)NCc2ccc(C)n2C)c1. The fourth-order valence-electron chi connectivity index (χ4n) is 1.92. The van der Waals surface area contributed by atoms with Gasteiger partial charge < -0.3 is 14.6 Å². The van der Waals surface area contributed by atoms with Gasteiger partial charge in [-0.2, -0.15) is 0 Å². The Morgan fingerprint density at radius 1 is 1.35 bits per heavy atom. The van der Waals surface area contributed by atoms with Gasteiger partial charge in [0.1, 0.15) is 5.75 Å². The first-order chi connectivity index (χ1) is 9.52. The Morgan fingerprint density at radius 2 is 2.10 bits per heavy atom. The third kappa shape index (κ3) is 3.04. The van der Waals surface area contributed by atoms with Crippen LogP contribution in [0, 0.1) is 6.92 Å². The molecular weight excluding hydrogens is 320 g/mol. The molecule has 1 N–H and O–H groups in total. The van der Waals surface area contributed by atoms with E-state index in [1.54, 1.807) is 25.3 Å². The molecule has 1 aromatic heterocycles. The Balaban J connectivity index is 2.10. The van der Waals surface area contributed by atoms with Crippen LogP contribution in [-0.2, 0) is 13.6 Å². The van der Waals surface area contributed by atoms with Gasteiger partial charge in [0.05, 0.1) is 19.2 Å². The van der Waals surface area contributed by atoms with Crippen molar-refractivity contribution < 1.29 is 9.53 Å². The van der Waals surface area contributed by atoms with E-state index in [2.05, 4.69) is 25.8 Å². The number of amides is 1. The van der Waals surface area contributed by atoms with Crippen molar-refractivity contribution in [1.82, 2.24) is 9.88 Å². The molecule has 0 fully saturated rings. The van der Waals surface area contributed by atoms with Crippen LogP contribution in [0.25, 0.3) is 0 Å². The highest BCUT2D eigenvalue weighted by Crippen LogP contribution is 2.22. The zero-order valence-corrected chi connectivity index (χ0v) is 13.3. The molecule has 0 saturated heterocycles. The molecule has 5 heteroatoms. The van der Waals surface area contributed by atoms with E-state index >= 15 is 0 Å². The van der Waals surface area contributed by atoms with Crippen LogP contribution in [0.15, 0.2) is 34.8 Å². The van der Waals surface area contributed by atoms with E-state index in [0.717, 1.165) is 15.9 Å². The molecule has 0 bridgehead atoms. The molecule has 106 valence electrons. The van der Waals surface area contributed by atoms with Crippen LogP contribution in [0.5, 0.6) is 5.75 Å². The van der Waals surface area contributed by atoms with E-state index in [9.17, 15) is 4.79 Å². The van der Waals surface area contributed by atoms with Gasteiger partial charge in [-0.15, -0.1) is 0 Å². The number of aryl methyl sites for hydroxylation is 1. The van der Waals surface area contributed by atoms with E-state index in [1.807, 2.05) is 26.1 Å². The largest absolute Gasteiger partial charge is 0.497 e. The van der Waals surface area contributed by atoms with E-state index in [0.29, 0.717) is 17.9 Å². The second-order valence-corrected chi connectivity index (χ2v) is 5.41. The van der Waals surface area contributed by atoms with Crippen molar-refractivity contribution in [2.24, 2.45) is 7.05 Å². The number of nitrogens with zero attached hydrogens (tertiary/aromatic N) is 1. The molecule has 0 atom stereocenters. The smallest absolute Gasteiger partial charge is 0.252 e. The Morgan fingerprint density at radius 3 is 2.70 bits per heavy atom. The molecule has 2 rings (SSSR count). The summed E-state index contributed by atoms with van der Waals surface area (Å²) in [7, 11) is 3.57. The van der Waals surface area contributed by atoms with E-state index in [1.165, 1.54) is 0 Å². The van der Waals surface area contributed by atoms with Gasteiger partial charge in [-0.25, -0.2) is 0 Å². The molecule has 4 nitrogen and oxygen atoms in total. The van der Waals surface area contributed by atoms with Gasteiger partial charge in [-0.1, -0.05) is 0 Å². The lowest BCUT2D eigenvalue weighted by Gasteiger charge is -2.10. The van der Waals surface area contributed by atoms with Crippen LogP contribution in [-0.4, -0.2) is 17.6 Å². The summed E-state index contributed by atoms with van der Waals surface area (Å²) in [6.45, 7) is 2.52. The first-order valence-electron chi connectivity index (χ1n) is 6.26. The Hall–Kier alpha value is -1.75. The molecule has 20 heavy (non-hydrogen) atoms. The number of halogens is 1. The molecule has 0 spiro atoms. The van der Waals surface area contributed by atoms with Gasteiger partial charge in [0.2, 0.25) is 0 Å². The average molecular weight is 337 g/mol. The monoisotopic (exact) mass is 336 g/mol. The third-order valence-electron chi connectivity index (χ3n) is 3.33. The Kier molecular flexibility index (Phi) is 4.49. The second-order valence-electron chi connectivity index (χ2n) is 4.55. The predicted molar refractivity (Wildman–Crippen MR) is 82.0 cm³/mol. The standard InChI is InChI=1S/C15H17BrN2O2/c1-10-4-5-11(18(10)2)9-17-15(19)13-8-12(20-3)6-7-14(13)16/h4-8H,9H2,1-3H3,(H,17,19). The number of aromatic nitrogens is 1. The highest BCUT2D eigenvalue weighted by Gasteiger charge is 2.12. The van der Waals surface area contributed by atoms with Crippen molar-refractivity contribution in [1.29, 1.82) is 0 Å². The number of carbonyl (C=O) groups excluding carboxylic acids is 1. The molecule has 0 aliphatic heterocycles. The summed E-state index contributed by atoms with van der Waals surface area (Å²) >= 11 is 3.38. The van der Waals surface area contributed by atoms with Crippen LogP contribution >= 0.6 is 15.9 Å². The lowest BCUT2D eigenvalue weighted by atomic mass is 10.2. The lowest BCUT2D eigenvalue weighted by Crippen LogP contribution is -2.24. The number of methoxy groups -OCH3 is 1. The highest BCUT2D eigenvalue weighted by molar-refractivity contribution is 9.10. The molecular formula is C15H17BrN2O2. The molecule has 1 heterocycles. The summed E-state index contributed by atoms with van der Waals surface area (Å²) in [5, 5.41) is 2.92. The van der Waals surface area contributed by atoms with Crippen LogP contribution in [0.1, 0.15) is 21.7 Å². The lowest BCUT2D eigenvalue weighted by molar-refractivity contribution is 0.0949. The molecule has 0 radical (unpaired) electrons. The van der Waals surface area contributed by atoms with Gasteiger partial charge in [0.25, 0.3) is 5.91 Å². The molecule has 0 aliphatic carbocycles. The average Bonchev–Trinajstić information content (AvgIpc) is 2.77. The topological polar surface area (TPSA) is 43.3 Å². The van der Waals surface area contributed by atoms with Crippen LogP contribution < -0.4 is 10.1 Å². The van der Waals surface area contributed by atoms with E-state index in [4.69, 9.17) is 4.74 Å². The van der Waals surface area contributed by atoms with Gasteiger partial charge in [0.15, 0.2) is 0 Å². The molecule has 0 saturated carbocycles. The van der Waals surface area contributed by atoms with Crippen LogP contribution in [0.4, 0.5) is 0 Å². The van der Waals surface area contributed by atoms with Crippen molar-refractivity contribution >= 4 is 21.8 Å². The normalized spacial score (nSPS) is 10.4. The summed E-state index contributed by atoms with van der Waals surface area (Å²) < 4.78 is 7.95. The maximum atomic E-state index is 12.2. The maximum Gasteiger partial charge on any atom is 0.252 e. The van der Waals surface area contributed by atoms with Crippen LogP contribution in [0.2, 0.25) is 0 Å². The number of benzene rings is 1. The minimum atomic E-state index is -0.130. The van der Waals surface area contributed by atoms with Crippen molar-refractivity contribution in [3.8, 4) is 5.75 Å². The number of nitrogens with one attached hydrogen (secondary N) is 1. The molecule has 1 aromatic carbocycles. The summed E-state index contributed by atoms with van der Waals surface area (Å²) in [4.78, 5) is 12.2. The quantitative estimate of drug-likeness (QED) is 0.932. The van der Waals surface area contributed by atoms with E-state index in [-0.39, 0.29) is 5.91 Å². The summed E-state index contributed by atoms with van der Waals surface area (Å²) in [6, 6.07) is 9.37. The summed E-state index contributed by atoms with van der Waals surface area (Å²) in [5.74, 6) is 0.530. The van der Waals surface area contributed by atoms with Crippen molar-refractivity contribution in [2.75, 3.05) is 7.11 Å². The fraction of sp³-hybridized carbons (Fsp3) is 0.267. The van der Waals surface area contributed by atoms with Gasteiger partial charge in [-0.3, -0.25) is 4.79 Å². The molecule has 0 unspecified atom stereocenters. The van der Waals surface area contributed by atoms with Gasteiger partial charge in [0, 0.05) is 22.9 Å². The third-order valence-corrected chi connectivity index (χ3v) is 4.02. The number of rotatable bonds is 4. The maximum absolute atomic E-state index is 12.2. The molecule has 2 aromatic rings. The molecule has 0 aliphatic rings. The van der Waals surface area contributed by atoms with Gasteiger partial charge in [-0.05, 0) is 53.2 Å². The van der Waals surface area contributed by atoms with Gasteiger partial charge >= 0.3 is 0 Å². The fourth-order valence-corrected chi connectivity index (χ4v) is 2.34. The first kappa shape index (κ1) is 14.7. The number of carbonyl (C=O) groups is 1. The van der Waals surface area contributed by atoms with Crippen molar-refractivity contribution in [3.63, 3.8) is 0 Å². The number of ether oxygens (including phenoxy) is 1. The first-order valence-corrected chi connectivity index (χ1v) is 7.05. The summed E-state index contributed by atoms with van der Waals surface area (Å²) in [6.07, 6.45) is 0. The van der Waals surface area contributed by atoms with E-state index < -0.39 is 0 Å². The highest BCUT2D eigenvalue weighted by atomic mass is 79.9. The van der Waals surface area contributed by atoms with Crippen molar-refractivity contribution in [2.45, 2.75) is 13.5 Å².